The Hall–Kier alpha value is -4.68. The topological polar surface area (TPSA) is 233 Å². The van der Waals surface area contributed by atoms with Crippen LogP contribution in [0, 0.1) is 11.8 Å². The van der Waals surface area contributed by atoms with Gasteiger partial charge >= 0.3 is 11.9 Å². The van der Waals surface area contributed by atoms with Gasteiger partial charge in [-0.25, -0.2) is 0 Å². The van der Waals surface area contributed by atoms with Crippen molar-refractivity contribution >= 4 is 90.0 Å². The molecule has 0 saturated carbocycles. The third kappa shape index (κ3) is 24.6. The molecule has 0 aliphatic carbocycles. The highest BCUT2D eigenvalue weighted by Gasteiger charge is 2.37. The molecular formula is C50H76Cl2N4O12Si. The van der Waals surface area contributed by atoms with Crippen molar-refractivity contribution in [1.82, 2.24) is 10.6 Å². The van der Waals surface area contributed by atoms with Crippen LogP contribution >= 0.6 is 23.2 Å². The third-order valence-electron chi connectivity index (χ3n) is 11.7. The number of ether oxygens (including phenoxy) is 2. The average molecular weight is 1020 g/mol. The lowest BCUT2D eigenvalue weighted by atomic mass is 9.99. The molecule has 0 aliphatic heterocycles. The molecule has 2 rings (SSSR count). The van der Waals surface area contributed by atoms with E-state index in [4.69, 9.17) is 27.6 Å². The first-order chi connectivity index (χ1) is 32.3. The number of rotatable bonds is 28. The second-order valence-electron chi connectivity index (χ2n) is 18.8. The van der Waals surface area contributed by atoms with E-state index in [0.29, 0.717) is 55.1 Å². The van der Waals surface area contributed by atoms with Crippen LogP contribution < -0.4 is 21.3 Å². The summed E-state index contributed by atoms with van der Waals surface area (Å²) >= 11 is 11.9. The van der Waals surface area contributed by atoms with Crippen LogP contribution in [0.15, 0.2) is 36.4 Å². The maximum Gasteiger partial charge on any atom is 0.305 e. The lowest BCUT2D eigenvalue weighted by Gasteiger charge is -2.36. The maximum absolute atomic E-state index is 12.9. The minimum absolute atomic E-state index is 0.00778. The number of anilines is 2. The van der Waals surface area contributed by atoms with Gasteiger partial charge in [0.05, 0.1) is 39.5 Å². The molecule has 0 spiro atoms. The molecule has 4 amide bonds. The highest BCUT2D eigenvalue weighted by molar-refractivity contribution is 6.74. The number of hydrogen-bond acceptors (Lipinski definition) is 12. The van der Waals surface area contributed by atoms with Crippen molar-refractivity contribution < 1.29 is 57.4 Å². The van der Waals surface area contributed by atoms with E-state index in [0.717, 1.165) is 16.7 Å². The van der Waals surface area contributed by atoms with E-state index < -0.39 is 32.2 Å². The van der Waals surface area contributed by atoms with Gasteiger partial charge in [0.2, 0.25) is 23.6 Å². The van der Waals surface area contributed by atoms with Gasteiger partial charge in [0.25, 0.3) is 0 Å². The number of unbranched alkanes of at least 4 members (excludes halogenated alkanes) is 2. The molecule has 0 aromatic heterocycles. The van der Waals surface area contributed by atoms with Gasteiger partial charge < -0.3 is 40.3 Å². The Morgan fingerprint density at radius 1 is 0.594 bits per heavy atom. The number of aliphatic hydroxyl groups excluding tert-OH is 1. The third-order valence-corrected chi connectivity index (χ3v) is 16.8. The average Bonchev–Trinajstić information content (AvgIpc) is 3.30. The van der Waals surface area contributed by atoms with Crippen molar-refractivity contribution in [2.75, 3.05) is 24.9 Å². The molecule has 0 fully saturated rings. The van der Waals surface area contributed by atoms with Crippen molar-refractivity contribution in [2.45, 2.75) is 168 Å². The minimum Gasteiger partial charge on any atom is -0.469 e. The van der Waals surface area contributed by atoms with Gasteiger partial charge in [-0.3, -0.25) is 38.4 Å². The molecular weight excluding hydrogens is 948 g/mol. The number of esters is 2. The highest BCUT2D eigenvalue weighted by Crippen LogP contribution is 2.37. The number of methoxy groups -OCH3 is 2. The van der Waals surface area contributed by atoms with Crippen molar-refractivity contribution in [3.05, 3.63) is 58.7 Å². The predicted molar refractivity (Wildman–Crippen MR) is 271 cm³/mol. The molecule has 5 N–H and O–H groups in total. The van der Waals surface area contributed by atoms with Crippen LogP contribution in [0.25, 0.3) is 0 Å². The van der Waals surface area contributed by atoms with E-state index >= 15 is 0 Å². The maximum atomic E-state index is 12.9. The van der Waals surface area contributed by atoms with Crippen molar-refractivity contribution in [3.63, 3.8) is 0 Å². The Kier molecular flexibility index (Phi) is 28.5. The minimum atomic E-state index is -1.95. The van der Waals surface area contributed by atoms with Gasteiger partial charge in [-0.05, 0) is 104 Å². The Balaban J connectivity index is 0.000000704. The fourth-order valence-corrected chi connectivity index (χ4v) is 7.52. The van der Waals surface area contributed by atoms with Crippen LogP contribution in [0.2, 0.25) is 18.1 Å². The summed E-state index contributed by atoms with van der Waals surface area (Å²) in [5.41, 5.74) is 4.28. The molecule has 0 aliphatic rings. The van der Waals surface area contributed by atoms with Gasteiger partial charge in [-0.15, -0.1) is 23.2 Å². The Morgan fingerprint density at radius 2 is 0.957 bits per heavy atom. The monoisotopic (exact) mass is 1020 g/mol. The van der Waals surface area contributed by atoms with Gasteiger partial charge in [0.15, 0.2) is 19.9 Å². The molecule has 0 radical (unpaired) electrons. The Morgan fingerprint density at radius 3 is 1.32 bits per heavy atom. The molecule has 2 aromatic carbocycles. The number of ketones is 2. The first-order valence-electron chi connectivity index (χ1n) is 23.3. The number of benzene rings is 2. The molecule has 0 bridgehead atoms. The van der Waals surface area contributed by atoms with E-state index in [2.05, 4.69) is 64.6 Å². The van der Waals surface area contributed by atoms with Crippen LogP contribution in [0.4, 0.5) is 11.4 Å². The molecule has 0 unspecified atom stereocenters. The van der Waals surface area contributed by atoms with Crippen LogP contribution in [0.3, 0.4) is 0 Å². The number of Topliss-reactive ketones (excluding diaryl/α,β-unsaturated/α-hetero) is 2. The number of carbonyl (C=O) groups is 8. The Labute approximate surface area is 419 Å². The van der Waals surface area contributed by atoms with Crippen LogP contribution in [-0.2, 0) is 77.2 Å². The molecule has 0 heterocycles. The second kappa shape index (κ2) is 31.5. The fourth-order valence-electron chi connectivity index (χ4n) is 6.25. The Bertz CT molecular complexity index is 2020. The summed E-state index contributed by atoms with van der Waals surface area (Å²) < 4.78 is 15.4. The zero-order chi connectivity index (χ0) is 52.5. The van der Waals surface area contributed by atoms with Gasteiger partial charge in [-0.2, -0.15) is 0 Å². The lowest BCUT2D eigenvalue weighted by Crippen LogP contribution is -2.40. The zero-order valence-electron chi connectivity index (χ0n) is 42.4. The summed E-state index contributed by atoms with van der Waals surface area (Å²) in [7, 11) is 0.690. The second-order valence-corrected chi connectivity index (χ2v) is 24.2. The van der Waals surface area contributed by atoms with E-state index in [9.17, 15) is 43.5 Å². The quantitative estimate of drug-likeness (QED) is 0.0234. The molecule has 4 atom stereocenters. The van der Waals surface area contributed by atoms with E-state index in [1.54, 1.807) is 45.9 Å². The number of aliphatic hydroxyl groups is 1. The normalized spacial score (nSPS) is 13.0. The van der Waals surface area contributed by atoms with Gasteiger partial charge in [0, 0.05) is 73.5 Å². The summed E-state index contributed by atoms with van der Waals surface area (Å²) in [6.45, 7) is 17.7. The first-order valence-corrected chi connectivity index (χ1v) is 27.3. The molecule has 2 aromatic rings. The predicted octanol–water partition coefficient (Wildman–Crippen LogP) is 8.41. The highest BCUT2D eigenvalue weighted by atomic mass is 35.5. The molecule has 19 heteroatoms. The van der Waals surface area contributed by atoms with Crippen molar-refractivity contribution in [1.29, 1.82) is 0 Å². The summed E-state index contributed by atoms with van der Waals surface area (Å²) in [6, 6.07) is 9.34. The summed E-state index contributed by atoms with van der Waals surface area (Å²) in [4.78, 5) is 96.6. The lowest BCUT2D eigenvalue weighted by molar-refractivity contribution is -0.141. The molecule has 69 heavy (non-hydrogen) atoms. The van der Waals surface area contributed by atoms with Crippen molar-refractivity contribution in [2.24, 2.45) is 11.8 Å². The zero-order valence-corrected chi connectivity index (χ0v) is 44.9. The standard InChI is InChI=1S/C28H45ClN2O6Si.C22H31ClN2O6/c1-19(13-24(32)20(2)30-25(33)11-9-10-12-26(34)36-6)27(35)31-23-15-21(17-29)14-22(16-23)18-37-38(7,8)28(3,4)5;1-14(22(30)25-18-10-16(12-23)9-17(11-18)13-26)8-19(27)15(2)24-20(28)6-4-5-7-21(29)31-3/h14-16,19-20H,9-13,17-18H2,1-8H3,(H,30,33)(H,31,35);9-11,14-15,26H,4-8,12-13H2,1-3H3,(H,24,28)(H,25,30)/t19-,20+;14-,15+/m11/s1. The number of halogens is 2. The van der Waals surface area contributed by atoms with Gasteiger partial charge in [0.1, 0.15) is 0 Å². The summed E-state index contributed by atoms with van der Waals surface area (Å²) in [5, 5.41) is 20.3. The first kappa shape index (κ1) is 62.3. The van der Waals surface area contributed by atoms with E-state index in [1.165, 1.54) is 14.2 Å². The smallest absolute Gasteiger partial charge is 0.305 e. The summed E-state index contributed by atoms with van der Waals surface area (Å²) in [5.74, 6) is -2.95. The van der Waals surface area contributed by atoms with Crippen LogP contribution in [-0.4, -0.2) is 86.9 Å². The number of nitrogens with one attached hydrogen (secondary N) is 4. The van der Waals surface area contributed by atoms with Crippen molar-refractivity contribution in [3.8, 4) is 0 Å². The number of amides is 4. The SMILES string of the molecule is COC(=O)CCCCC(=O)N[C@@H](C)C(=O)C[C@@H](C)C(=O)Nc1cc(CCl)cc(CO[Si](C)(C)C(C)(C)C)c1.COC(=O)CCCCC(=O)N[C@@H](C)C(=O)C[C@@H](C)C(=O)Nc1cc(CO)cc(CCl)c1. The van der Waals surface area contributed by atoms with E-state index in [-0.39, 0.29) is 103 Å². The fraction of sp³-hybridized carbons (Fsp3) is 0.600. The molecule has 386 valence electrons. The largest absolute Gasteiger partial charge is 0.469 e. The number of alkyl halides is 2. The van der Waals surface area contributed by atoms with Crippen LogP contribution in [0.5, 0.6) is 0 Å². The molecule has 0 saturated heterocycles. The van der Waals surface area contributed by atoms with Gasteiger partial charge in [-0.1, -0.05) is 46.8 Å². The number of carbonyl (C=O) groups excluding carboxylic acids is 8. The van der Waals surface area contributed by atoms with Crippen LogP contribution in [0.1, 0.15) is 135 Å². The summed E-state index contributed by atoms with van der Waals surface area (Å²) in [6.07, 6.45) is 2.98. The van der Waals surface area contributed by atoms with E-state index in [1.807, 2.05) is 18.2 Å². The number of hydrogen-bond donors (Lipinski definition) is 5. The molecule has 16 nitrogen and oxygen atoms in total.